The number of aromatic nitrogens is 1. The van der Waals surface area contributed by atoms with Crippen LogP contribution in [-0.4, -0.2) is 24.0 Å². The molecule has 1 heterocycles. The summed E-state index contributed by atoms with van der Waals surface area (Å²) in [5, 5.41) is 4.88. The number of amides is 1. The van der Waals surface area contributed by atoms with Gasteiger partial charge in [0.15, 0.2) is 10.8 Å². The van der Waals surface area contributed by atoms with E-state index in [0.29, 0.717) is 11.0 Å². The Morgan fingerprint density at radius 3 is 2.44 bits per heavy atom. The molecule has 6 nitrogen and oxygen atoms in total. The molecule has 4 rings (SSSR count). The summed E-state index contributed by atoms with van der Waals surface area (Å²) in [6, 6.07) is 17.3. The highest BCUT2D eigenvalue weighted by Gasteiger charge is 2.27. The Hall–Kier alpha value is -3.19. The molecule has 1 aliphatic rings. The highest BCUT2D eigenvalue weighted by Crippen LogP contribution is 2.36. The highest BCUT2D eigenvalue weighted by atomic mass is 32.1. The van der Waals surface area contributed by atoms with Crippen LogP contribution in [0.2, 0.25) is 0 Å². The molecule has 1 saturated carbocycles. The molecule has 0 radical (unpaired) electrons. The monoisotopic (exact) mass is 450 g/mol. The SMILES string of the molecule is COC(=O)c1csc(NC(=O)C(CC2CCCC2)c2ccc(Oc3ccccc3)cc2)n1. The van der Waals surface area contributed by atoms with Crippen molar-refractivity contribution in [2.75, 3.05) is 12.4 Å². The number of benzene rings is 2. The van der Waals surface area contributed by atoms with E-state index >= 15 is 0 Å². The molecule has 2 aromatic carbocycles. The van der Waals surface area contributed by atoms with Crippen LogP contribution in [0.15, 0.2) is 60.0 Å². The van der Waals surface area contributed by atoms with Crippen LogP contribution in [0.3, 0.4) is 0 Å². The van der Waals surface area contributed by atoms with Gasteiger partial charge in [-0.2, -0.15) is 0 Å². The minimum Gasteiger partial charge on any atom is -0.464 e. The number of hydrogen-bond donors (Lipinski definition) is 1. The van der Waals surface area contributed by atoms with Crippen molar-refractivity contribution >= 4 is 28.3 Å². The average molecular weight is 451 g/mol. The fourth-order valence-corrected chi connectivity index (χ4v) is 4.77. The normalized spacial score (nSPS) is 14.7. The summed E-state index contributed by atoms with van der Waals surface area (Å²) in [4.78, 5) is 29.1. The van der Waals surface area contributed by atoms with Crippen LogP contribution < -0.4 is 10.1 Å². The van der Waals surface area contributed by atoms with E-state index in [2.05, 4.69) is 10.3 Å². The van der Waals surface area contributed by atoms with Crippen LogP contribution >= 0.6 is 11.3 Å². The minimum atomic E-state index is -0.516. The Morgan fingerprint density at radius 1 is 1.06 bits per heavy atom. The highest BCUT2D eigenvalue weighted by molar-refractivity contribution is 7.14. The summed E-state index contributed by atoms with van der Waals surface area (Å²) >= 11 is 1.22. The first-order chi connectivity index (χ1) is 15.6. The maximum atomic E-state index is 13.2. The number of carbonyl (C=O) groups is 2. The largest absolute Gasteiger partial charge is 0.464 e. The Morgan fingerprint density at radius 2 is 1.75 bits per heavy atom. The van der Waals surface area contributed by atoms with Gasteiger partial charge in [-0.25, -0.2) is 9.78 Å². The number of methoxy groups -OCH3 is 1. The second-order valence-corrected chi connectivity index (χ2v) is 8.80. The molecular formula is C25H26N2O4S. The predicted octanol–water partition coefficient (Wildman–Crippen LogP) is 6.02. The fourth-order valence-electron chi connectivity index (χ4n) is 4.09. The maximum Gasteiger partial charge on any atom is 0.357 e. The number of nitrogens with zero attached hydrogens (tertiary/aromatic N) is 1. The zero-order valence-electron chi connectivity index (χ0n) is 18.0. The third-order valence-corrected chi connectivity index (χ3v) is 6.51. The van der Waals surface area contributed by atoms with Crippen LogP contribution in [-0.2, 0) is 9.53 Å². The first kappa shape index (κ1) is 22.0. The number of rotatable bonds is 8. The van der Waals surface area contributed by atoms with Crippen molar-refractivity contribution in [2.45, 2.75) is 38.0 Å². The summed E-state index contributed by atoms with van der Waals surface area (Å²) in [7, 11) is 1.31. The zero-order chi connectivity index (χ0) is 22.3. The molecule has 7 heteroatoms. The van der Waals surface area contributed by atoms with Crippen LogP contribution in [0.4, 0.5) is 5.13 Å². The predicted molar refractivity (Wildman–Crippen MR) is 124 cm³/mol. The first-order valence-electron chi connectivity index (χ1n) is 10.8. The molecule has 0 spiro atoms. The van der Waals surface area contributed by atoms with Gasteiger partial charge in [-0.05, 0) is 42.2 Å². The molecule has 1 atom stereocenters. The van der Waals surface area contributed by atoms with Gasteiger partial charge in [0.25, 0.3) is 0 Å². The van der Waals surface area contributed by atoms with E-state index in [1.165, 1.54) is 31.3 Å². The van der Waals surface area contributed by atoms with Crippen LogP contribution in [0.25, 0.3) is 0 Å². The molecule has 1 aromatic heterocycles. The lowest BCUT2D eigenvalue weighted by Gasteiger charge is -2.20. The lowest BCUT2D eigenvalue weighted by Crippen LogP contribution is -2.23. The van der Waals surface area contributed by atoms with E-state index in [-0.39, 0.29) is 17.5 Å². The van der Waals surface area contributed by atoms with Gasteiger partial charge in [0.1, 0.15) is 11.5 Å². The van der Waals surface area contributed by atoms with Gasteiger partial charge >= 0.3 is 5.97 Å². The third-order valence-electron chi connectivity index (χ3n) is 5.75. The van der Waals surface area contributed by atoms with Crippen LogP contribution in [0.5, 0.6) is 11.5 Å². The van der Waals surface area contributed by atoms with Gasteiger partial charge in [-0.1, -0.05) is 56.0 Å². The lowest BCUT2D eigenvalue weighted by molar-refractivity contribution is -0.118. The summed E-state index contributed by atoms with van der Waals surface area (Å²) in [5.74, 6) is 1.10. The second kappa shape index (κ2) is 10.4. The second-order valence-electron chi connectivity index (χ2n) is 7.94. The number of ether oxygens (including phenoxy) is 2. The van der Waals surface area contributed by atoms with Gasteiger partial charge < -0.3 is 14.8 Å². The van der Waals surface area contributed by atoms with Crippen LogP contribution in [0.1, 0.15) is 54.1 Å². The summed E-state index contributed by atoms with van der Waals surface area (Å²) < 4.78 is 10.6. The molecule has 1 fully saturated rings. The number of carbonyl (C=O) groups excluding carboxylic acids is 2. The van der Waals surface area contributed by atoms with Crippen molar-refractivity contribution in [3.63, 3.8) is 0 Å². The Balaban J connectivity index is 1.49. The standard InChI is InChI=1S/C25H26N2O4S/c1-30-24(29)22-16-32-25(26-22)27-23(28)21(15-17-7-5-6-8-17)18-11-13-20(14-12-18)31-19-9-3-2-4-10-19/h2-4,9-14,16-17,21H,5-8,15H2,1H3,(H,26,27,28). The van der Waals surface area contributed by atoms with Crippen LogP contribution in [0, 0.1) is 5.92 Å². The molecule has 166 valence electrons. The van der Waals surface area contributed by atoms with Crippen molar-refractivity contribution in [3.8, 4) is 11.5 Å². The van der Waals surface area contributed by atoms with E-state index in [1.54, 1.807) is 5.38 Å². The molecule has 3 aromatic rings. The number of esters is 1. The van der Waals surface area contributed by atoms with Crippen molar-refractivity contribution in [1.29, 1.82) is 0 Å². The lowest BCUT2D eigenvalue weighted by atomic mass is 9.87. The molecular weight excluding hydrogens is 424 g/mol. The van der Waals surface area contributed by atoms with E-state index in [1.807, 2.05) is 54.6 Å². The molecule has 0 saturated heterocycles. The number of nitrogens with one attached hydrogen (secondary N) is 1. The van der Waals surface area contributed by atoms with Crippen molar-refractivity contribution in [3.05, 3.63) is 71.2 Å². The van der Waals surface area contributed by atoms with E-state index in [4.69, 9.17) is 9.47 Å². The Kier molecular flexibility index (Phi) is 7.17. The number of anilines is 1. The van der Waals surface area contributed by atoms with Gasteiger partial charge in [0, 0.05) is 5.38 Å². The van der Waals surface area contributed by atoms with Crippen molar-refractivity contribution in [2.24, 2.45) is 5.92 Å². The molecule has 1 N–H and O–H groups in total. The van der Waals surface area contributed by atoms with Gasteiger partial charge in [-0.15, -0.1) is 11.3 Å². The number of para-hydroxylation sites is 1. The average Bonchev–Trinajstić information content (AvgIpc) is 3.50. The number of thiazole rings is 1. The van der Waals surface area contributed by atoms with Gasteiger partial charge in [-0.3, -0.25) is 4.79 Å². The molecule has 32 heavy (non-hydrogen) atoms. The number of hydrogen-bond acceptors (Lipinski definition) is 6. The minimum absolute atomic E-state index is 0.112. The summed E-state index contributed by atoms with van der Waals surface area (Å²) in [6.45, 7) is 0. The summed E-state index contributed by atoms with van der Waals surface area (Å²) in [5.41, 5.74) is 1.14. The first-order valence-corrected chi connectivity index (χ1v) is 11.7. The van der Waals surface area contributed by atoms with Crippen molar-refractivity contribution in [1.82, 2.24) is 4.98 Å². The van der Waals surface area contributed by atoms with Crippen molar-refractivity contribution < 1.29 is 19.1 Å². The third kappa shape index (κ3) is 5.53. The van der Waals surface area contributed by atoms with E-state index in [9.17, 15) is 9.59 Å². The zero-order valence-corrected chi connectivity index (χ0v) is 18.8. The molecule has 0 aliphatic heterocycles. The Bertz CT molecular complexity index is 1040. The van der Waals surface area contributed by atoms with E-state index in [0.717, 1.165) is 36.3 Å². The van der Waals surface area contributed by atoms with E-state index < -0.39 is 5.97 Å². The molecule has 1 unspecified atom stereocenters. The van der Waals surface area contributed by atoms with Gasteiger partial charge in [0.05, 0.1) is 13.0 Å². The van der Waals surface area contributed by atoms with Gasteiger partial charge in [0.2, 0.25) is 5.91 Å². The Labute approximate surface area is 191 Å². The molecule has 1 aliphatic carbocycles. The summed E-state index contributed by atoms with van der Waals surface area (Å²) in [6.07, 6.45) is 5.54. The topological polar surface area (TPSA) is 77.5 Å². The fraction of sp³-hybridized carbons (Fsp3) is 0.320. The smallest absolute Gasteiger partial charge is 0.357 e. The molecule has 0 bridgehead atoms. The molecule has 1 amide bonds. The quantitative estimate of drug-likeness (QED) is 0.424. The maximum absolute atomic E-state index is 13.2.